The van der Waals surface area contributed by atoms with Gasteiger partial charge in [0.1, 0.15) is 11.5 Å². The third-order valence-corrected chi connectivity index (χ3v) is 2.75. The number of hydrogen-bond acceptors (Lipinski definition) is 3. The van der Waals surface area contributed by atoms with Gasteiger partial charge in [0, 0.05) is 23.3 Å². The van der Waals surface area contributed by atoms with E-state index in [1.165, 1.54) is 48.5 Å². The second-order valence-electron chi connectivity index (χ2n) is 5.06. The predicted octanol–water partition coefficient (Wildman–Crippen LogP) is 6.18. The van der Waals surface area contributed by atoms with Gasteiger partial charge in [-0.15, -0.1) is 0 Å². The first kappa shape index (κ1) is 23.3. The van der Waals surface area contributed by atoms with Gasteiger partial charge in [-0.25, -0.2) is 0 Å². The van der Waals surface area contributed by atoms with Gasteiger partial charge in [-0.2, -0.15) is 26.3 Å². The van der Waals surface area contributed by atoms with E-state index < -0.39 is 35.0 Å². The fraction of sp³-hybridized carbons (Fsp3) is 0.111. The van der Waals surface area contributed by atoms with Crippen molar-refractivity contribution in [3.8, 4) is 22.6 Å². The summed E-state index contributed by atoms with van der Waals surface area (Å²) in [5.74, 6) is -0.260. The van der Waals surface area contributed by atoms with Crippen LogP contribution in [0.3, 0.4) is 0 Å². The number of ether oxygens (including phenoxy) is 2. The van der Waals surface area contributed by atoms with Crippen LogP contribution < -0.4 is 9.47 Å². The van der Waals surface area contributed by atoms with Crippen LogP contribution >= 0.6 is 0 Å². The summed E-state index contributed by atoms with van der Waals surface area (Å²) in [5.41, 5.74) is 1.21. The lowest BCUT2D eigenvalue weighted by molar-refractivity contribution is 0.241. The molecule has 0 N–H and O–H groups in total. The molecule has 0 aromatic heterocycles. The summed E-state index contributed by atoms with van der Waals surface area (Å²) in [6.45, 7) is 0. The molecule has 10 heteroatoms. The second-order valence-corrected chi connectivity index (χ2v) is 6.55. The van der Waals surface area contributed by atoms with Crippen molar-refractivity contribution in [2.75, 3.05) is 12.5 Å². The van der Waals surface area contributed by atoms with Gasteiger partial charge in [0.15, 0.2) is 0 Å². The van der Waals surface area contributed by atoms with Crippen molar-refractivity contribution in [1.82, 2.24) is 0 Å². The van der Waals surface area contributed by atoms with Gasteiger partial charge in [0.25, 0.3) is 0 Å². The van der Waals surface area contributed by atoms with Gasteiger partial charge in [0.2, 0.25) is 0 Å². The Morgan fingerprint density at radius 2 is 0.893 bits per heavy atom. The van der Waals surface area contributed by atoms with E-state index in [1.807, 2.05) is 0 Å². The van der Waals surface area contributed by atoms with Crippen LogP contribution in [0.1, 0.15) is 0 Å². The molecule has 0 amide bonds. The van der Waals surface area contributed by atoms with Gasteiger partial charge in [0.05, 0.1) is 0 Å². The SMILES string of the molecule is CS(C)=O.FC(F)=C(F)Oc1ccc(-c2ccc(OC(F)=C(F)F)cc2)cc1. The van der Waals surface area contributed by atoms with Gasteiger partial charge in [-0.3, -0.25) is 4.21 Å². The number of rotatable bonds is 5. The summed E-state index contributed by atoms with van der Waals surface area (Å²) < 4.78 is 91.1. The first-order valence-electron chi connectivity index (χ1n) is 7.33. The third-order valence-electron chi connectivity index (χ3n) is 2.75. The molecule has 0 fully saturated rings. The quantitative estimate of drug-likeness (QED) is 0.425. The van der Waals surface area contributed by atoms with Crippen molar-refractivity contribution in [2.24, 2.45) is 0 Å². The first-order valence-corrected chi connectivity index (χ1v) is 9.29. The van der Waals surface area contributed by atoms with Gasteiger partial charge < -0.3 is 9.47 Å². The lowest BCUT2D eigenvalue weighted by atomic mass is 10.1. The van der Waals surface area contributed by atoms with Crippen LogP contribution in [0.4, 0.5) is 26.3 Å². The standard InChI is InChI=1S/C16H8F6O2.C2H6OS/c17-13(18)15(21)23-11-5-1-9(2-6-11)10-3-7-12(8-4-10)24-16(22)14(19)20;1-4(2)3/h1-8H;1-2H3. The largest absolute Gasteiger partial charge is 0.428 e. The molecule has 0 saturated carbocycles. The molecule has 3 nitrogen and oxygen atoms in total. The fourth-order valence-electron chi connectivity index (χ4n) is 1.71. The zero-order valence-corrected chi connectivity index (χ0v) is 15.3. The molecule has 0 unspecified atom stereocenters. The van der Waals surface area contributed by atoms with Gasteiger partial charge >= 0.3 is 24.2 Å². The van der Waals surface area contributed by atoms with Crippen molar-refractivity contribution < 1.29 is 40.0 Å². The molecule has 0 aliphatic carbocycles. The van der Waals surface area contributed by atoms with Gasteiger partial charge in [-0.1, -0.05) is 24.3 Å². The minimum atomic E-state index is -2.57. The average molecular weight is 424 g/mol. The molecule has 0 saturated heterocycles. The molecule has 0 aliphatic rings. The first-order chi connectivity index (χ1) is 13.1. The highest BCUT2D eigenvalue weighted by atomic mass is 32.2. The van der Waals surface area contributed by atoms with Crippen LogP contribution in [0.25, 0.3) is 11.1 Å². The highest BCUT2D eigenvalue weighted by Crippen LogP contribution is 2.27. The maximum absolute atomic E-state index is 12.6. The topological polar surface area (TPSA) is 35.5 Å². The van der Waals surface area contributed by atoms with Crippen LogP contribution in [0.15, 0.2) is 72.7 Å². The number of hydrogen-bond donors (Lipinski definition) is 0. The maximum atomic E-state index is 12.6. The summed E-state index contributed by atoms with van der Waals surface area (Å²) in [6, 6.07) is 6.97. The van der Waals surface area contributed by atoms with Gasteiger partial charge in [-0.05, 0) is 35.4 Å². The Morgan fingerprint density at radius 1 is 0.643 bits per heavy atom. The Hall–Kier alpha value is -2.75. The fourth-order valence-corrected chi connectivity index (χ4v) is 1.71. The Morgan fingerprint density at radius 3 is 1.11 bits per heavy atom. The average Bonchev–Trinajstić information content (AvgIpc) is 2.62. The summed E-state index contributed by atoms with van der Waals surface area (Å²) in [7, 11) is -0.611. The van der Waals surface area contributed by atoms with Crippen molar-refractivity contribution in [2.45, 2.75) is 0 Å². The van der Waals surface area contributed by atoms with Crippen molar-refractivity contribution in [3.05, 3.63) is 72.7 Å². The summed E-state index contributed by atoms with van der Waals surface area (Å²) in [6.07, 6.45) is -1.86. The summed E-state index contributed by atoms with van der Waals surface area (Å²) >= 11 is 0. The Balaban J connectivity index is 0.000000892. The summed E-state index contributed by atoms with van der Waals surface area (Å²) in [4.78, 5) is 0. The summed E-state index contributed by atoms with van der Waals surface area (Å²) in [5, 5.41) is 0. The zero-order chi connectivity index (χ0) is 21.3. The van der Waals surface area contributed by atoms with E-state index in [1.54, 1.807) is 12.5 Å². The molecule has 0 radical (unpaired) electrons. The predicted molar refractivity (Wildman–Crippen MR) is 93.8 cm³/mol. The van der Waals surface area contributed by atoms with Crippen molar-refractivity contribution in [3.63, 3.8) is 0 Å². The van der Waals surface area contributed by atoms with Crippen molar-refractivity contribution in [1.29, 1.82) is 0 Å². The molecule has 152 valence electrons. The molecule has 2 aromatic rings. The molecule has 0 spiro atoms. The van der Waals surface area contributed by atoms with Crippen LogP contribution in [0.2, 0.25) is 0 Å². The maximum Gasteiger partial charge on any atom is 0.344 e. The van der Waals surface area contributed by atoms with Crippen molar-refractivity contribution >= 4 is 10.8 Å². The van der Waals surface area contributed by atoms with E-state index >= 15 is 0 Å². The van der Waals surface area contributed by atoms with E-state index in [0.717, 1.165) is 0 Å². The Kier molecular flexibility index (Phi) is 9.29. The third kappa shape index (κ3) is 8.30. The molecular formula is C18H14F6O3S. The molecule has 0 bridgehead atoms. The number of benzene rings is 2. The number of halogens is 6. The zero-order valence-electron chi connectivity index (χ0n) is 14.5. The molecular weight excluding hydrogens is 410 g/mol. The molecule has 0 atom stereocenters. The Labute approximate surface area is 159 Å². The lowest BCUT2D eigenvalue weighted by Crippen LogP contribution is -1.91. The minimum Gasteiger partial charge on any atom is -0.428 e. The molecule has 0 aliphatic heterocycles. The molecule has 28 heavy (non-hydrogen) atoms. The highest BCUT2D eigenvalue weighted by molar-refractivity contribution is 7.83. The molecule has 0 heterocycles. The van der Waals surface area contributed by atoms with Crippen LogP contribution in [-0.2, 0) is 10.8 Å². The van der Waals surface area contributed by atoms with E-state index in [9.17, 15) is 30.6 Å². The monoisotopic (exact) mass is 424 g/mol. The van der Waals surface area contributed by atoms with E-state index in [2.05, 4.69) is 9.47 Å². The van der Waals surface area contributed by atoms with E-state index in [0.29, 0.717) is 11.1 Å². The lowest BCUT2D eigenvalue weighted by Gasteiger charge is -2.06. The van der Waals surface area contributed by atoms with E-state index in [4.69, 9.17) is 0 Å². The normalized spacial score (nSPS) is 9.89. The smallest absolute Gasteiger partial charge is 0.344 e. The van der Waals surface area contributed by atoms with Crippen LogP contribution in [-0.4, -0.2) is 16.7 Å². The molecule has 2 rings (SSSR count). The minimum absolute atomic E-state index is 0.130. The highest BCUT2D eigenvalue weighted by Gasteiger charge is 2.09. The van der Waals surface area contributed by atoms with E-state index in [-0.39, 0.29) is 11.5 Å². The van der Waals surface area contributed by atoms with Crippen LogP contribution in [0.5, 0.6) is 11.5 Å². The van der Waals surface area contributed by atoms with Crippen LogP contribution in [0, 0.1) is 0 Å². The second kappa shape index (κ2) is 11.2. The molecule has 2 aromatic carbocycles. The Bertz CT molecular complexity index is 784.